The van der Waals surface area contributed by atoms with Crippen molar-refractivity contribution < 1.29 is 4.79 Å². The smallest absolute Gasteiger partial charge is 0.161 e. The minimum atomic E-state index is -0.714. The third-order valence-corrected chi connectivity index (χ3v) is 6.51. The molecule has 0 radical (unpaired) electrons. The maximum atomic E-state index is 13.4. The van der Waals surface area contributed by atoms with Gasteiger partial charge in [-0.15, -0.1) is 0 Å². The third kappa shape index (κ3) is 2.68. The maximum Gasteiger partial charge on any atom is 0.161 e. The van der Waals surface area contributed by atoms with Crippen LogP contribution in [0.2, 0.25) is 0 Å². The lowest BCUT2D eigenvalue weighted by Gasteiger charge is -2.43. The summed E-state index contributed by atoms with van der Waals surface area (Å²) in [7, 11) is 0. The molecule has 2 heterocycles. The number of carbonyl (C=O) groups is 1. The van der Waals surface area contributed by atoms with Crippen LogP contribution in [0.25, 0.3) is 0 Å². The summed E-state index contributed by atoms with van der Waals surface area (Å²) < 4.78 is 0. The molecular formula is C26H26N2O. The van der Waals surface area contributed by atoms with Gasteiger partial charge in [0.05, 0.1) is 6.54 Å². The van der Waals surface area contributed by atoms with Gasteiger partial charge in [0, 0.05) is 24.5 Å². The van der Waals surface area contributed by atoms with Crippen LogP contribution < -0.4 is 9.80 Å². The third-order valence-electron chi connectivity index (χ3n) is 6.51. The van der Waals surface area contributed by atoms with Gasteiger partial charge in [-0.25, -0.2) is 0 Å². The Labute approximate surface area is 172 Å². The van der Waals surface area contributed by atoms with Gasteiger partial charge in [0.25, 0.3) is 0 Å². The number of rotatable bonds is 2. The number of anilines is 2. The molecule has 0 aromatic heterocycles. The molecule has 0 saturated carbocycles. The second-order valence-corrected chi connectivity index (χ2v) is 8.49. The van der Waals surface area contributed by atoms with E-state index in [1.165, 1.54) is 33.6 Å². The molecular weight excluding hydrogens is 356 g/mol. The second-order valence-electron chi connectivity index (χ2n) is 8.49. The van der Waals surface area contributed by atoms with E-state index >= 15 is 0 Å². The van der Waals surface area contributed by atoms with Gasteiger partial charge in [0.2, 0.25) is 0 Å². The fourth-order valence-corrected chi connectivity index (χ4v) is 5.11. The normalized spacial score (nSPS) is 20.0. The molecule has 2 aliphatic rings. The van der Waals surface area contributed by atoms with Crippen molar-refractivity contribution in [1.29, 1.82) is 0 Å². The average Bonchev–Trinajstić information content (AvgIpc) is 2.92. The molecule has 5 rings (SSSR count). The molecule has 0 amide bonds. The molecule has 0 spiro atoms. The Kier molecular flexibility index (Phi) is 4.02. The van der Waals surface area contributed by atoms with Gasteiger partial charge >= 0.3 is 0 Å². The van der Waals surface area contributed by atoms with E-state index < -0.39 is 5.54 Å². The number of carbonyl (C=O) groups excluding carboxylic acids is 1. The number of aryl methyl sites for hydroxylation is 2. The summed E-state index contributed by atoms with van der Waals surface area (Å²) in [4.78, 5) is 18.2. The van der Waals surface area contributed by atoms with Crippen LogP contribution >= 0.6 is 0 Å². The fourth-order valence-electron chi connectivity index (χ4n) is 5.11. The lowest BCUT2D eigenvalue weighted by molar-refractivity contribution is -0.122. The van der Waals surface area contributed by atoms with Gasteiger partial charge < -0.3 is 9.80 Å². The Balaban J connectivity index is 1.83. The van der Waals surface area contributed by atoms with Gasteiger partial charge in [-0.1, -0.05) is 65.7 Å². The van der Waals surface area contributed by atoms with E-state index in [2.05, 4.69) is 72.2 Å². The molecule has 3 aromatic carbocycles. The molecule has 0 fully saturated rings. The highest BCUT2D eigenvalue weighted by atomic mass is 16.1. The standard InChI is InChI=1S/C26H26N2O/c1-18-9-11-24-22(14-18)16-28-25-12-10-19(2)13-21(25)15-27(24)17-26(28,20(3)29)23-7-5-4-6-8-23/h4-14H,15-17H2,1-3H3/t26-/m0/s1. The van der Waals surface area contributed by atoms with Crippen molar-refractivity contribution in [2.45, 2.75) is 39.4 Å². The Hall–Kier alpha value is -3.07. The molecule has 2 bridgehead atoms. The maximum absolute atomic E-state index is 13.4. The molecule has 0 saturated heterocycles. The topological polar surface area (TPSA) is 23.6 Å². The highest BCUT2D eigenvalue weighted by Gasteiger charge is 2.49. The second kappa shape index (κ2) is 6.48. The zero-order valence-electron chi connectivity index (χ0n) is 17.3. The summed E-state index contributed by atoms with van der Waals surface area (Å²) in [5.74, 6) is 0.187. The summed E-state index contributed by atoms with van der Waals surface area (Å²) in [6.45, 7) is 8.20. The molecule has 0 unspecified atom stereocenters. The monoisotopic (exact) mass is 382 g/mol. The van der Waals surface area contributed by atoms with Gasteiger partial charge in [-0.2, -0.15) is 0 Å². The summed E-state index contributed by atoms with van der Waals surface area (Å²) in [5.41, 5.74) is 7.85. The summed E-state index contributed by atoms with van der Waals surface area (Å²) in [5, 5.41) is 0. The molecule has 0 N–H and O–H groups in total. The van der Waals surface area contributed by atoms with E-state index in [0.717, 1.165) is 18.7 Å². The minimum Gasteiger partial charge on any atom is -0.364 e. The van der Waals surface area contributed by atoms with Crippen LogP contribution in [0.15, 0.2) is 66.7 Å². The SMILES string of the molecule is CC(=O)[C@]1(c2ccccc2)CN2Cc3cc(C)ccc3N1Cc1cc(C)ccc12. The van der Waals surface area contributed by atoms with Crippen molar-refractivity contribution in [1.82, 2.24) is 0 Å². The first-order valence-corrected chi connectivity index (χ1v) is 10.3. The lowest BCUT2D eigenvalue weighted by Crippen LogP contribution is -2.55. The van der Waals surface area contributed by atoms with E-state index in [-0.39, 0.29) is 5.78 Å². The Morgan fingerprint density at radius 1 is 0.828 bits per heavy atom. The number of ketones is 1. The van der Waals surface area contributed by atoms with E-state index in [4.69, 9.17) is 0 Å². The molecule has 2 aliphatic heterocycles. The zero-order chi connectivity index (χ0) is 20.2. The zero-order valence-corrected chi connectivity index (χ0v) is 17.3. The van der Waals surface area contributed by atoms with Crippen molar-refractivity contribution in [3.63, 3.8) is 0 Å². The Bertz CT molecular complexity index is 1100. The number of benzene rings is 3. The first kappa shape index (κ1) is 18.0. The number of Topliss-reactive ketones (excluding diaryl/α,β-unsaturated/α-hetero) is 1. The number of fused-ring (bicyclic) bond motifs is 7. The largest absolute Gasteiger partial charge is 0.364 e. The fraction of sp³-hybridized carbons (Fsp3) is 0.269. The predicted molar refractivity (Wildman–Crippen MR) is 118 cm³/mol. The van der Waals surface area contributed by atoms with Crippen molar-refractivity contribution >= 4 is 17.2 Å². The highest BCUT2D eigenvalue weighted by molar-refractivity contribution is 5.93. The minimum absolute atomic E-state index is 0.187. The van der Waals surface area contributed by atoms with Crippen LogP contribution in [0.4, 0.5) is 11.4 Å². The van der Waals surface area contributed by atoms with Crippen molar-refractivity contribution in [2.75, 3.05) is 16.3 Å². The predicted octanol–water partition coefficient (Wildman–Crippen LogP) is 5.13. The van der Waals surface area contributed by atoms with Crippen molar-refractivity contribution in [3.8, 4) is 0 Å². The molecule has 29 heavy (non-hydrogen) atoms. The van der Waals surface area contributed by atoms with Crippen LogP contribution in [-0.4, -0.2) is 12.3 Å². The summed E-state index contributed by atoms with van der Waals surface area (Å²) >= 11 is 0. The van der Waals surface area contributed by atoms with E-state index in [1.807, 2.05) is 18.2 Å². The number of hydrogen-bond donors (Lipinski definition) is 0. The summed E-state index contributed by atoms with van der Waals surface area (Å²) in [6.07, 6.45) is 0. The quantitative estimate of drug-likeness (QED) is 0.614. The van der Waals surface area contributed by atoms with Gasteiger partial charge in [0.1, 0.15) is 5.54 Å². The highest BCUT2D eigenvalue weighted by Crippen LogP contribution is 2.46. The van der Waals surface area contributed by atoms with Crippen LogP contribution in [0.3, 0.4) is 0 Å². The molecule has 3 nitrogen and oxygen atoms in total. The van der Waals surface area contributed by atoms with Crippen LogP contribution in [-0.2, 0) is 23.4 Å². The van der Waals surface area contributed by atoms with Gasteiger partial charge in [-0.3, -0.25) is 4.79 Å². The Morgan fingerprint density at radius 2 is 1.45 bits per heavy atom. The number of nitrogens with zero attached hydrogens (tertiary/aromatic N) is 2. The Morgan fingerprint density at radius 3 is 2.10 bits per heavy atom. The van der Waals surface area contributed by atoms with Crippen LogP contribution in [0.5, 0.6) is 0 Å². The molecule has 3 aromatic rings. The van der Waals surface area contributed by atoms with Crippen LogP contribution in [0.1, 0.15) is 34.7 Å². The molecule has 3 heteroatoms. The first-order chi connectivity index (χ1) is 14.0. The van der Waals surface area contributed by atoms with E-state index in [0.29, 0.717) is 6.54 Å². The lowest BCUT2D eigenvalue weighted by atomic mass is 9.83. The first-order valence-electron chi connectivity index (χ1n) is 10.3. The van der Waals surface area contributed by atoms with Crippen LogP contribution in [0, 0.1) is 13.8 Å². The van der Waals surface area contributed by atoms with E-state index in [1.54, 1.807) is 6.92 Å². The van der Waals surface area contributed by atoms with Crippen molar-refractivity contribution in [2.24, 2.45) is 0 Å². The van der Waals surface area contributed by atoms with Gasteiger partial charge in [0.15, 0.2) is 5.78 Å². The van der Waals surface area contributed by atoms with Gasteiger partial charge in [-0.05, 0) is 49.6 Å². The summed E-state index contributed by atoms with van der Waals surface area (Å²) in [6, 6.07) is 23.6. The van der Waals surface area contributed by atoms with Crippen molar-refractivity contribution in [3.05, 3.63) is 94.5 Å². The van der Waals surface area contributed by atoms with E-state index in [9.17, 15) is 4.79 Å². The average molecular weight is 383 g/mol. The molecule has 1 atom stereocenters. The molecule has 146 valence electrons. The number of hydrogen-bond acceptors (Lipinski definition) is 3. The molecule has 0 aliphatic carbocycles.